The molecule has 0 unspecified atom stereocenters. The van der Waals surface area contributed by atoms with E-state index in [2.05, 4.69) is 5.32 Å². The Morgan fingerprint density at radius 1 is 1.36 bits per heavy atom. The Morgan fingerprint density at radius 3 is 2.43 bits per heavy atom. The second kappa shape index (κ2) is 4.30. The van der Waals surface area contributed by atoms with Gasteiger partial charge in [-0.15, -0.1) is 0 Å². The molecule has 0 heterocycles. The van der Waals surface area contributed by atoms with Crippen molar-refractivity contribution in [3.05, 3.63) is 0 Å². The Balaban J connectivity index is 2.36. The van der Waals surface area contributed by atoms with Gasteiger partial charge < -0.3 is 10.1 Å². The summed E-state index contributed by atoms with van der Waals surface area (Å²) in [5, 5.41) is 3.06. The maximum absolute atomic E-state index is 11.7. The van der Waals surface area contributed by atoms with Crippen molar-refractivity contribution in [2.75, 3.05) is 7.11 Å². The highest BCUT2D eigenvalue weighted by Crippen LogP contribution is 2.23. The summed E-state index contributed by atoms with van der Waals surface area (Å²) in [6.07, 6.45) is 3.39. The van der Waals surface area contributed by atoms with Crippen LogP contribution in [-0.4, -0.2) is 25.2 Å². The van der Waals surface area contributed by atoms with Crippen LogP contribution < -0.4 is 5.32 Å². The second-order valence-electron chi connectivity index (χ2n) is 5.09. The van der Waals surface area contributed by atoms with Crippen LogP contribution in [0.3, 0.4) is 0 Å². The summed E-state index contributed by atoms with van der Waals surface area (Å²) in [4.78, 5) is 11.7. The lowest BCUT2D eigenvalue weighted by molar-refractivity contribution is -0.129. The van der Waals surface area contributed by atoms with E-state index in [-0.39, 0.29) is 11.3 Å². The number of rotatable bonds is 2. The Kier molecular flexibility index (Phi) is 3.53. The van der Waals surface area contributed by atoms with Crippen molar-refractivity contribution >= 4 is 5.91 Å². The maximum Gasteiger partial charge on any atom is 0.225 e. The van der Waals surface area contributed by atoms with Gasteiger partial charge in [-0.25, -0.2) is 0 Å². The summed E-state index contributed by atoms with van der Waals surface area (Å²) in [6.45, 7) is 5.81. The van der Waals surface area contributed by atoms with Gasteiger partial charge in [0, 0.05) is 18.6 Å². The van der Waals surface area contributed by atoms with E-state index in [1.165, 1.54) is 0 Å². The standard InChI is InChI=1S/C11H21NO2/c1-11(2,3)10(13)12-8-5-6-9(7-8)14-4/h8-9H,5-7H2,1-4H3,(H,12,13)/t8-,9-/m1/s1. The zero-order chi connectivity index (χ0) is 10.8. The third kappa shape index (κ3) is 2.98. The van der Waals surface area contributed by atoms with Crippen molar-refractivity contribution in [1.29, 1.82) is 0 Å². The van der Waals surface area contributed by atoms with Gasteiger partial charge in [0.05, 0.1) is 6.10 Å². The van der Waals surface area contributed by atoms with Crippen LogP contribution in [0, 0.1) is 5.41 Å². The first-order chi connectivity index (χ1) is 6.43. The number of hydrogen-bond acceptors (Lipinski definition) is 2. The normalized spacial score (nSPS) is 27.7. The van der Waals surface area contributed by atoms with Crippen molar-refractivity contribution in [3.63, 3.8) is 0 Å². The molecule has 1 N–H and O–H groups in total. The molecule has 2 atom stereocenters. The molecule has 3 nitrogen and oxygen atoms in total. The fraction of sp³-hybridized carbons (Fsp3) is 0.909. The van der Waals surface area contributed by atoms with E-state index in [9.17, 15) is 4.79 Å². The summed E-state index contributed by atoms with van der Waals surface area (Å²) >= 11 is 0. The van der Waals surface area contributed by atoms with E-state index in [4.69, 9.17) is 4.74 Å². The summed E-state index contributed by atoms with van der Waals surface area (Å²) < 4.78 is 5.26. The van der Waals surface area contributed by atoms with Crippen molar-refractivity contribution in [2.24, 2.45) is 5.41 Å². The fourth-order valence-corrected chi connectivity index (χ4v) is 1.69. The predicted octanol–water partition coefficient (Wildman–Crippen LogP) is 1.72. The topological polar surface area (TPSA) is 38.3 Å². The molecule has 1 saturated carbocycles. The summed E-state index contributed by atoms with van der Waals surface area (Å²) in [6, 6.07) is 0.312. The first-order valence-electron chi connectivity index (χ1n) is 5.27. The average molecular weight is 199 g/mol. The molecule has 0 aromatic heterocycles. The fourth-order valence-electron chi connectivity index (χ4n) is 1.69. The van der Waals surface area contributed by atoms with Crippen molar-refractivity contribution in [3.8, 4) is 0 Å². The molecule has 0 aromatic rings. The van der Waals surface area contributed by atoms with Gasteiger partial charge in [-0.1, -0.05) is 20.8 Å². The highest BCUT2D eigenvalue weighted by atomic mass is 16.5. The van der Waals surface area contributed by atoms with Gasteiger partial charge in [0.1, 0.15) is 0 Å². The lowest BCUT2D eigenvalue weighted by Crippen LogP contribution is -2.40. The van der Waals surface area contributed by atoms with Crippen LogP contribution >= 0.6 is 0 Å². The van der Waals surface area contributed by atoms with E-state index in [0.29, 0.717) is 12.1 Å². The van der Waals surface area contributed by atoms with Gasteiger partial charge in [0.2, 0.25) is 5.91 Å². The Morgan fingerprint density at radius 2 is 2.00 bits per heavy atom. The summed E-state index contributed by atoms with van der Waals surface area (Å²) in [7, 11) is 1.73. The number of carbonyl (C=O) groups is 1. The first-order valence-corrected chi connectivity index (χ1v) is 5.27. The van der Waals surface area contributed by atoms with E-state index >= 15 is 0 Å². The molecule has 82 valence electrons. The highest BCUT2D eigenvalue weighted by Gasteiger charge is 2.29. The molecule has 1 aliphatic carbocycles. The quantitative estimate of drug-likeness (QED) is 0.735. The minimum Gasteiger partial charge on any atom is -0.381 e. The predicted molar refractivity (Wildman–Crippen MR) is 56.0 cm³/mol. The smallest absolute Gasteiger partial charge is 0.225 e. The Labute approximate surface area is 86.2 Å². The van der Waals surface area contributed by atoms with Gasteiger partial charge in [-0.2, -0.15) is 0 Å². The summed E-state index contributed by atoms with van der Waals surface area (Å²) in [5.74, 6) is 0.138. The Bertz CT molecular complexity index is 208. The largest absolute Gasteiger partial charge is 0.381 e. The number of methoxy groups -OCH3 is 1. The van der Waals surface area contributed by atoms with Crippen LogP contribution in [0.15, 0.2) is 0 Å². The molecule has 1 aliphatic rings. The van der Waals surface area contributed by atoms with Gasteiger partial charge >= 0.3 is 0 Å². The first kappa shape index (κ1) is 11.5. The molecule has 1 amide bonds. The molecule has 1 rings (SSSR count). The van der Waals surface area contributed by atoms with Gasteiger partial charge in [-0.05, 0) is 19.3 Å². The van der Waals surface area contributed by atoms with Crippen molar-refractivity contribution in [2.45, 2.75) is 52.2 Å². The second-order valence-corrected chi connectivity index (χ2v) is 5.09. The van der Waals surface area contributed by atoms with Crippen LogP contribution in [0.1, 0.15) is 40.0 Å². The molecule has 0 spiro atoms. The van der Waals surface area contributed by atoms with Crippen molar-refractivity contribution in [1.82, 2.24) is 5.32 Å². The van der Waals surface area contributed by atoms with Gasteiger partial charge in [0.15, 0.2) is 0 Å². The molecule has 0 bridgehead atoms. The van der Waals surface area contributed by atoms with Gasteiger partial charge in [0.25, 0.3) is 0 Å². The highest BCUT2D eigenvalue weighted by molar-refractivity contribution is 5.81. The molecule has 0 aromatic carbocycles. The molecular weight excluding hydrogens is 178 g/mol. The van der Waals surface area contributed by atoms with E-state index < -0.39 is 0 Å². The SMILES string of the molecule is CO[C@@H]1CC[C@@H](NC(=O)C(C)(C)C)C1. The molecule has 0 aliphatic heterocycles. The minimum absolute atomic E-state index is 0.138. The van der Waals surface area contributed by atoms with Crippen LogP contribution in [0.4, 0.5) is 0 Å². The molecule has 0 saturated heterocycles. The third-order valence-corrected chi connectivity index (χ3v) is 2.73. The van der Waals surface area contributed by atoms with Crippen LogP contribution in [0.2, 0.25) is 0 Å². The number of nitrogens with one attached hydrogen (secondary N) is 1. The molecular formula is C11H21NO2. The van der Waals surface area contributed by atoms with E-state index in [1.807, 2.05) is 20.8 Å². The van der Waals surface area contributed by atoms with Crippen LogP contribution in [0.25, 0.3) is 0 Å². The monoisotopic (exact) mass is 199 g/mol. The lowest BCUT2D eigenvalue weighted by atomic mass is 9.95. The van der Waals surface area contributed by atoms with Gasteiger partial charge in [-0.3, -0.25) is 4.79 Å². The minimum atomic E-state index is -0.287. The van der Waals surface area contributed by atoms with Crippen LogP contribution in [0.5, 0.6) is 0 Å². The zero-order valence-electron chi connectivity index (χ0n) is 9.59. The maximum atomic E-state index is 11.7. The lowest BCUT2D eigenvalue weighted by Gasteiger charge is -2.21. The molecule has 14 heavy (non-hydrogen) atoms. The zero-order valence-corrected chi connectivity index (χ0v) is 9.59. The summed E-state index contributed by atoms with van der Waals surface area (Å²) in [5.41, 5.74) is -0.287. The number of hydrogen-bond donors (Lipinski definition) is 1. The third-order valence-electron chi connectivity index (χ3n) is 2.73. The Hall–Kier alpha value is -0.570. The van der Waals surface area contributed by atoms with Crippen LogP contribution in [-0.2, 0) is 9.53 Å². The van der Waals surface area contributed by atoms with E-state index in [1.54, 1.807) is 7.11 Å². The van der Waals surface area contributed by atoms with Crippen molar-refractivity contribution < 1.29 is 9.53 Å². The molecule has 0 radical (unpaired) electrons. The van der Waals surface area contributed by atoms with E-state index in [0.717, 1.165) is 19.3 Å². The number of ether oxygens (including phenoxy) is 1. The average Bonchev–Trinajstić information content (AvgIpc) is 2.50. The molecule has 1 fully saturated rings. The number of amides is 1. The number of carbonyl (C=O) groups excluding carboxylic acids is 1. The molecule has 3 heteroatoms.